The van der Waals surface area contributed by atoms with Crippen LogP contribution in [0.3, 0.4) is 0 Å². The molecule has 2 N–H and O–H groups in total. The van der Waals surface area contributed by atoms with Gasteiger partial charge in [-0.05, 0) is 71.6 Å². The normalized spacial score (nSPS) is 23.0. The number of halogens is 1. The number of β-amino-alcohol motifs (C(OH)–C–C–N with tert-alkyl or cyclic N) is 1. The van der Waals surface area contributed by atoms with Crippen LogP contribution in [0.4, 0.5) is 5.82 Å². The molecule has 0 bridgehead atoms. The van der Waals surface area contributed by atoms with Gasteiger partial charge < -0.3 is 14.9 Å². The second kappa shape index (κ2) is 10.1. The summed E-state index contributed by atoms with van der Waals surface area (Å²) < 4.78 is 2.23. The lowest BCUT2D eigenvalue weighted by molar-refractivity contribution is -0.149. The van der Waals surface area contributed by atoms with Crippen LogP contribution in [0.15, 0.2) is 24.9 Å². The summed E-state index contributed by atoms with van der Waals surface area (Å²) in [7, 11) is 0. The van der Waals surface area contributed by atoms with Crippen molar-refractivity contribution in [1.29, 1.82) is 0 Å². The third-order valence-corrected chi connectivity index (χ3v) is 10.4. The van der Waals surface area contributed by atoms with Crippen LogP contribution < -0.4 is 4.90 Å². The van der Waals surface area contributed by atoms with E-state index in [2.05, 4.69) is 58.1 Å². The van der Waals surface area contributed by atoms with E-state index in [4.69, 9.17) is 16.7 Å². The molecule has 10 heteroatoms. The first-order chi connectivity index (χ1) is 19.8. The highest BCUT2D eigenvalue weighted by Gasteiger charge is 2.55. The van der Waals surface area contributed by atoms with Crippen LogP contribution in [0, 0.1) is 19.3 Å². The molecule has 1 aliphatic carbocycles. The van der Waals surface area contributed by atoms with Crippen molar-refractivity contribution in [2.75, 3.05) is 44.2 Å². The van der Waals surface area contributed by atoms with Crippen LogP contribution in [-0.4, -0.2) is 91.2 Å². The maximum atomic E-state index is 12.1. The third-order valence-electron chi connectivity index (χ3n) is 9.95. The van der Waals surface area contributed by atoms with E-state index < -0.39 is 5.60 Å². The number of aromatic nitrogens is 4. The molecule has 2 aromatic heterocycles. The number of carbonyl (C=O) groups excluding carboxylic acids is 1. The first kappa shape index (κ1) is 29.2. The number of aryl methyl sites for hydroxylation is 1. The van der Waals surface area contributed by atoms with E-state index in [1.165, 1.54) is 6.08 Å². The molecule has 1 amide bonds. The van der Waals surface area contributed by atoms with Gasteiger partial charge in [-0.15, -0.1) is 0 Å². The number of amides is 1. The highest BCUT2D eigenvalue weighted by atomic mass is 35.5. The highest BCUT2D eigenvalue weighted by Crippen LogP contribution is 2.56. The minimum atomic E-state index is -0.754. The Kier molecular flexibility index (Phi) is 7.02. The van der Waals surface area contributed by atoms with Gasteiger partial charge in [0.2, 0.25) is 5.91 Å². The van der Waals surface area contributed by atoms with Crippen LogP contribution in [0.1, 0.15) is 64.3 Å². The Hall–Kier alpha value is -2.88. The standard InChI is InChI=1S/C32H44ClN7O2/c1-8-25(41)38-18-32(19-38)13-22(14-32)40-21(4)26(27-23-15-34-35-24(23)12-20(3)28(27)33)29(36-40)39-11-10-37(16-30(5,6)42)17-31(39,7)9-2/h8,12,15,22,42H,1,9-11,13-14,16-19H2,2-7H3,(H,34,35)/t31-/m1/s1. The molecule has 2 saturated heterocycles. The van der Waals surface area contributed by atoms with Crippen molar-refractivity contribution >= 4 is 34.2 Å². The van der Waals surface area contributed by atoms with Gasteiger partial charge in [0.1, 0.15) is 0 Å². The summed E-state index contributed by atoms with van der Waals surface area (Å²) in [6, 6.07) is 2.33. The van der Waals surface area contributed by atoms with E-state index in [9.17, 15) is 9.90 Å². The van der Waals surface area contributed by atoms with Crippen LogP contribution in [0.5, 0.6) is 0 Å². The van der Waals surface area contributed by atoms with E-state index in [-0.39, 0.29) is 22.9 Å². The fraction of sp³-hybridized carbons (Fsp3) is 0.594. The molecule has 1 saturated carbocycles. The summed E-state index contributed by atoms with van der Waals surface area (Å²) in [6.07, 6.45) is 6.22. The Balaban J connectivity index is 1.42. The molecule has 0 radical (unpaired) electrons. The van der Waals surface area contributed by atoms with Gasteiger partial charge in [-0.3, -0.25) is 19.5 Å². The largest absolute Gasteiger partial charge is 0.389 e. The van der Waals surface area contributed by atoms with Gasteiger partial charge >= 0.3 is 0 Å². The zero-order valence-electron chi connectivity index (χ0n) is 25.8. The molecule has 0 unspecified atom stereocenters. The van der Waals surface area contributed by atoms with Crippen molar-refractivity contribution in [2.24, 2.45) is 5.41 Å². The quantitative estimate of drug-likeness (QED) is 0.370. The number of likely N-dealkylation sites (tertiary alicyclic amines) is 1. The van der Waals surface area contributed by atoms with Crippen LogP contribution in [-0.2, 0) is 4.79 Å². The predicted molar refractivity (Wildman–Crippen MR) is 168 cm³/mol. The summed E-state index contributed by atoms with van der Waals surface area (Å²) in [5, 5.41) is 25.2. The number of fused-ring (bicyclic) bond motifs is 1. The molecule has 3 aromatic rings. The Morgan fingerprint density at radius 1 is 1.24 bits per heavy atom. The SMILES string of the molecule is C=CC(=O)N1CC2(CC(n3nc(N4CCN(CC(C)(C)O)C[C@@]4(C)CC)c(-c4c(Cl)c(C)cc5[nH]ncc45)c3C)C2)C1. The number of hydrogen-bond acceptors (Lipinski definition) is 6. The maximum absolute atomic E-state index is 12.1. The number of aliphatic hydroxyl groups is 1. The molecule has 9 nitrogen and oxygen atoms in total. The van der Waals surface area contributed by atoms with E-state index in [1.807, 2.05) is 31.9 Å². The van der Waals surface area contributed by atoms with Gasteiger partial charge in [0.05, 0.1) is 33.9 Å². The van der Waals surface area contributed by atoms with Crippen molar-refractivity contribution in [3.63, 3.8) is 0 Å². The molecule has 3 fully saturated rings. The average Bonchev–Trinajstić information content (AvgIpc) is 3.46. The first-order valence-corrected chi connectivity index (χ1v) is 15.5. The topological polar surface area (TPSA) is 93.5 Å². The lowest BCUT2D eigenvalue weighted by Crippen LogP contribution is -2.63. The van der Waals surface area contributed by atoms with Gasteiger partial charge in [0, 0.05) is 66.9 Å². The maximum Gasteiger partial charge on any atom is 0.245 e. The van der Waals surface area contributed by atoms with Crippen LogP contribution in [0.2, 0.25) is 5.02 Å². The van der Waals surface area contributed by atoms with Crippen molar-refractivity contribution in [1.82, 2.24) is 29.8 Å². The highest BCUT2D eigenvalue weighted by molar-refractivity contribution is 6.36. The molecular weight excluding hydrogens is 550 g/mol. The summed E-state index contributed by atoms with van der Waals surface area (Å²) in [4.78, 5) is 18.8. The van der Waals surface area contributed by atoms with Crippen molar-refractivity contribution in [3.05, 3.63) is 41.2 Å². The Morgan fingerprint density at radius 3 is 2.60 bits per heavy atom. The number of piperazine rings is 1. The minimum absolute atomic E-state index is 0.0183. The van der Waals surface area contributed by atoms with Crippen LogP contribution in [0.25, 0.3) is 22.0 Å². The summed E-state index contributed by atoms with van der Waals surface area (Å²) >= 11 is 7.14. The Bertz CT molecular complexity index is 1540. The number of H-pyrrole nitrogens is 1. The number of nitrogens with zero attached hydrogens (tertiary/aromatic N) is 6. The minimum Gasteiger partial charge on any atom is -0.389 e. The molecule has 6 rings (SSSR count). The van der Waals surface area contributed by atoms with Gasteiger partial charge in [0.25, 0.3) is 0 Å². The molecule has 226 valence electrons. The van der Waals surface area contributed by atoms with Crippen molar-refractivity contribution < 1.29 is 9.90 Å². The first-order valence-electron chi connectivity index (χ1n) is 15.1. The summed E-state index contributed by atoms with van der Waals surface area (Å²) in [5.41, 5.74) is 4.37. The number of aromatic amines is 1. The fourth-order valence-corrected chi connectivity index (χ4v) is 7.96. The molecule has 2 aliphatic heterocycles. The summed E-state index contributed by atoms with van der Waals surface area (Å²) in [5.74, 6) is 0.984. The smallest absolute Gasteiger partial charge is 0.245 e. The van der Waals surface area contributed by atoms with Gasteiger partial charge in [-0.2, -0.15) is 10.2 Å². The van der Waals surface area contributed by atoms with Gasteiger partial charge in [-0.25, -0.2) is 0 Å². The predicted octanol–water partition coefficient (Wildman–Crippen LogP) is 5.11. The lowest BCUT2D eigenvalue weighted by atomic mass is 9.60. The van der Waals surface area contributed by atoms with Crippen molar-refractivity contribution in [2.45, 2.75) is 78.0 Å². The molecule has 42 heavy (non-hydrogen) atoms. The number of rotatable bonds is 7. The number of carbonyl (C=O) groups is 1. The zero-order valence-corrected chi connectivity index (χ0v) is 26.6. The van der Waals surface area contributed by atoms with E-state index in [1.54, 1.807) is 0 Å². The fourth-order valence-electron chi connectivity index (χ4n) is 7.71. The van der Waals surface area contributed by atoms with E-state index in [0.717, 1.165) is 96.1 Å². The number of hydrogen-bond donors (Lipinski definition) is 2. The number of benzene rings is 1. The number of nitrogens with one attached hydrogen (secondary N) is 1. The Labute approximate surface area is 253 Å². The van der Waals surface area contributed by atoms with Gasteiger partial charge in [-0.1, -0.05) is 25.1 Å². The van der Waals surface area contributed by atoms with Crippen molar-refractivity contribution in [3.8, 4) is 11.1 Å². The van der Waals surface area contributed by atoms with E-state index >= 15 is 0 Å². The molecule has 1 spiro atoms. The van der Waals surface area contributed by atoms with Gasteiger partial charge in [0.15, 0.2) is 5.82 Å². The Morgan fingerprint density at radius 2 is 1.95 bits per heavy atom. The van der Waals surface area contributed by atoms with Crippen LogP contribution >= 0.6 is 11.6 Å². The monoisotopic (exact) mass is 593 g/mol. The molecule has 1 atom stereocenters. The van der Waals surface area contributed by atoms with E-state index in [0.29, 0.717) is 6.54 Å². The molecule has 3 aliphatic rings. The molecule has 4 heterocycles. The zero-order chi connectivity index (χ0) is 30.2. The third kappa shape index (κ3) is 4.74. The molecule has 1 aromatic carbocycles. The molecular formula is C32H44ClN7O2. The second-order valence-electron chi connectivity index (χ2n) is 13.9. The summed E-state index contributed by atoms with van der Waals surface area (Å²) in [6.45, 7) is 20.9. The average molecular weight is 594 g/mol. The second-order valence-corrected chi connectivity index (χ2v) is 14.3. The number of anilines is 1. The lowest BCUT2D eigenvalue weighted by Gasteiger charge is -2.58.